The van der Waals surface area contributed by atoms with Crippen molar-refractivity contribution < 1.29 is 9.53 Å². The molecule has 4 rings (SSSR count). The summed E-state index contributed by atoms with van der Waals surface area (Å²) in [6, 6.07) is 3.48. The normalized spacial score (nSPS) is 23.7. The van der Waals surface area contributed by atoms with Crippen molar-refractivity contribution in [3.05, 3.63) is 31.0 Å². The number of hydrogen-bond acceptors (Lipinski definition) is 5. The topological polar surface area (TPSA) is 94.0 Å². The maximum Gasteiger partial charge on any atom is 0.319 e. The number of rotatable bonds is 4. The summed E-state index contributed by atoms with van der Waals surface area (Å²) in [5.41, 5.74) is 0.589. The first kappa shape index (κ1) is 15.1. The summed E-state index contributed by atoms with van der Waals surface area (Å²) < 4.78 is 7.32. The Kier molecular flexibility index (Phi) is 4.12. The van der Waals surface area contributed by atoms with E-state index in [4.69, 9.17) is 4.74 Å². The molecule has 0 radical (unpaired) electrons. The molecule has 24 heavy (non-hydrogen) atoms. The first-order valence-electron chi connectivity index (χ1n) is 8.29. The van der Waals surface area contributed by atoms with Gasteiger partial charge in [-0.3, -0.25) is 0 Å². The summed E-state index contributed by atoms with van der Waals surface area (Å²) in [5.74, 6) is 1.22. The fourth-order valence-electron chi connectivity index (χ4n) is 3.09. The number of anilines is 1. The van der Waals surface area contributed by atoms with Gasteiger partial charge in [-0.25, -0.2) is 19.4 Å². The summed E-state index contributed by atoms with van der Waals surface area (Å²) in [6.45, 7) is 0.712. The molecule has 0 unspecified atom stereocenters. The quantitative estimate of drug-likeness (QED) is 0.891. The third-order valence-corrected chi connectivity index (χ3v) is 4.47. The van der Waals surface area contributed by atoms with Gasteiger partial charge in [-0.2, -0.15) is 5.10 Å². The molecule has 0 spiro atoms. The van der Waals surface area contributed by atoms with E-state index in [2.05, 4.69) is 25.7 Å². The van der Waals surface area contributed by atoms with E-state index in [1.807, 2.05) is 0 Å². The molecule has 8 heteroatoms. The van der Waals surface area contributed by atoms with Crippen molar-refractivity contribution in [3.63, 3.8) is 0 Å². The van der Waals surface area contributed by atoms with Crippen molar-refractivity contribution in [3.8, 4) is 5.82 Å². The van der Waals surface area contributed by atoms with Gasteiger partial charge in [0.2, 0.25) is 0 Å². The molecular weight excluding hydrogens is 308 g/mol. The van der Waals surface area contributed by atoms with Gasteiger partial charge in [-0.05, 0) is 43.7 Å². The van der Waals surface area contributed by atoms with Crippen molar-refractivity contribution >= 4 is 11.7 Å². The highest BCUT2D eigenvalue weighted by molar-refractivity contribution is 5.91. The summed E-state index contributed by atoms with van der Waals surface area (Å²) in [4.78, 5) is 20.5. The van der Waals surface area contributed by atoms with E-state index >= 15 is 0 Å². The van der Waals surface area contributed by atoms with E-state index in [9.17, 15) is 4.79 Å². The highest BCUT2D eigenvalue weighted by Gasteiger charge is 2.36. The molecule has 2 N–H and O–H groups in total. The van der Waals surface area contributed by atoms with Gasteiger partial charge in [0, 0.05) is 18.8 Å². The SMILES string of the molecule is O=C(Nc1cccnc1-n1cncn1)N[C@@H]1CCO[C@@H](C2CC2)C1. The number of pyridine rings is 1. The summed E-state index contributed by atoms with van der Waals surface area (Å²) >= 11 is 0. The van der Waals surface area contributed by atoms with Gasteiger partial charge in [0.05, 0.1) is 11.8 Å². The molecule has 2 fully saturated rings. The van der Waals surface area contributed by atoms with Crippen LogP contribution in [0.25, 0.3) is 5.82 Å². The number of carbonyl (C=O) groups excluding carboxylic acids is 1. The minimum Gasteiger partial charge on any atom is -0.378 e. The molecule has 2 atom stereocenters. The second-order valence-electron chi connectivity index (χ2n) is 6.28. The van der Waals surface area contributed by atoms with Crippen molar-refractivity contribution in [1.29, 1.82) is 0 Å². The molecule has 2 aromatic rings. The van der Waals surface area contributed by atoms with Crippen LogP contribution >= 0.6 is 0 Å². The van der Waals surface area contributed by atoms with Crippen LogP contribution in [-0.2, 0) is 4.74 Å². The van der Waals surface area contributed by atoms with Crippen molar-refractivity contribution in [2.24, 2.45) is 5.92 Å². The van der Waals surface area contributed by atoms with Crippen LogP contribution in [0.2, 0.25) is 0 Å². The molecule has 1 saturated heterocycles. The molecular formula is C16H20N6O2. The first-order valence-corrected chi connectivity index (χ1v) is 8.29. The van der Waals surface area contributed by atoms with Crippen LogP contribution in [0.4, 0.5) is 10.5 Å². The van der Waals surface area contributed by atoms with E-state index in [1.165, 1.54) is 23.9 Å². The Balaban J connectivity index is 1.39. The molecule has 126 valence electrons. The number of urea groups is 1. The lowest BCUT2D eigenvalue weighted by molar-refractivity contribution is -0.00889. The number of nitrogens with one attached hydrogen (secondary N) is 2. The Morgan fingerprint density at radius 2 is 2.25 bits per heavy atom. The number of nitrogens with zero attached hydrogens (tertiary/aromatic N) is 4. The van der Waals surface area contributed by atoms with Crippen molar-refractivity contribution in [1.82, 2.24) is 25.1 Å². The monoisotopic (exact) mass is 328 g/mol. The zero-order chi connectivity index (χ0) is 16.4. The van der Waals surface area contributed by atoms with Crippen LogP contribution in [0.15, 0.2) is 31.0 Å². The van der Waals surface area contributed by atoms with Gasteiger partial charge < -0.3 is 15.4 Å². The molecule has 3 heterocycles. The molecule has 8 nitrogen and oxygen atoms in total. The summed E-state index contributed by atoms with van der Waals surface area (Å²) in [7, 11) is 0. The molecule has 0 aromatic carbocycles. The van der Waals surface area contributed by atoms with Crippen LogP contribution in [-0.4, -0.2) is 44.5 Å². The van der Waals surface area contributed by atoms with E-state index in [0.29, 0.717) is 30.1 Å². The fourth-order valence-corrected chi connectivity index (χ4v) is 3.09. The molecule has 1 aliphatic heterocycles. The molecule has 1 aliphatic carbocycles. The van der Waals surface area contributed by atoms with Crippen molar-refractivity contribution in [2.45, 2.75) is 37.8 Å². The molecule has 0 bridgehead atoms. The van der Waals surface area contributed by atoms with Gasteiger partial charge in [0.1, 0.15) is 12.7 Å². The minimum atomic E-state index is -0.231. The zero-order valence-corrected chi connectivity index (χ0v) is 13.3. The third kappa shape index (κ3) is 3.38. The molecule has 2 amide bonds. The van der Waals surface area contributed by atoms with E-state index in [-0.39, 0.29) is 12.1 Å². The van der Waals surface area contributed by atoms with Gasteiger partial charge in [0.15, 0.2) is 5.82 Å². The fraction of sp³-hybridized carbons (Fsp3) is 0.500. The van der Waals surface area contributed by atoms with Gasteiger partial charge in [0.25, 0.3) is 0 Å². The Morgan fingerprint density at radius 1 is 1.33 bits per heavy atom. The average Bonchev–Trinajstić information content (AvgIpc) is 3.31. The van der Waals surface area contributed by atoms with Gasteiger partial charge in [-0.15, -0.1) is 0 Å². The number of amides is 2. The first-order chi connectivity index (χ1) is 11.8. The standard InChI is InChI=1S/C16H20N6O2/c23-16(20-12-5-7-24-14(8-12)11-3-4-11)21-13-2-1-6-18-15(13)22-10-17-9-19-22/h1-2,6,9-12,14H,3-5,7-8H2,(H2,20,21,23)/t12-,14-/m1/s1. The van der Waals surface area contributed by atoms with Crippen LogP contribution in [0.1, 0.15) is 25.7 Å². The van der Waals surface area contributed by atoms with E-state index in [0.717, 1.165) is 12.8 Å². The Bertz CT molecular complexity index is 700. The Morgan fingerprint density at radius 3 is 3.04 bits per heavy atom. The lowest BCUT2D eigenvalue weighted by atomic mass is 10.0. The maximum atomic E-state index is 12.4. The summed E-state index contributed by atoms with van der Waals surface area (Å²) in [5, 5.41) is 9.97. The smallest absolute Gasteiger partial charge is 0.319 e. The second-order valence-corrected chi connectivity index (χ2v) is 6.28. The zero-order valence-electron chi connectivity index (χ0n) is 13.3. The van der Waals surface area contributed by atoms with Crippen LogP contribution in [0.5, 0.6) is 0 Å². The Labute approximate surface area is 139 Å². The predicted molar refractivity (Wildman–Crippen MR) is 86.8 cm³/mol. The predicted octanol–water partition coefficient (Wildman–Crippen LogP) is 1.74. The Hall–Kier alpha value is -2.48. The minimum absolute atomic E-state index is 0.149. The third-order valence-electron chi connectivity index (χ3n) is 4.47. The van der Waals surface area contributed by atoms with Crippen LogP contribution in [0, 0.1) is 5.92 Å². The van der Waals surface area contributed by atoms with E-state index < -0.39 is 0 Å². The number of carbonyl (C=O) groups is 1. The highest BCUT2D eigenvalue weighted by atomic mass is 16.5. The van der Waals surface area contributed by atoms with Gasteiger partial charge >= 0.3 is 6.03 Å². The lowest BCUT2D eigenvalue weighted by Gasteiger charge is -2.30. The number of aromatic nitrogens is 4. The largest absolute Gasteiger partial charge is 0.378 e. The highest BCUT2D eigenvalue weighted by Crippen LogP contribution is 2.38. The molecule has 2 aliphatic rings. The lowest BCUT2D eigenvalue weighted by Crippen LogP contribution is -2.44. The van der Waals surface area contributed by atoms with Crippen LogP contribution < -0.4 is 10.6 Å². The molecule has 1 saturated carbocycles. The van der Waals surface area contributed by atoms with Crippen LogP contribution in [0.3, 0.4) is 0 Å². The van der Waals surface area contributed by atoms with Crippen molar-refractivity contribution in [2.75, 3.05) is 11.9 Å². The number of ether oxygens (including phenoxy) is 1. The second kappa shape index (κ2) is 6.56. The van der Waals surface area contributed by atoms with E-state index in [1.54, 1.807) is 24.7 Å². The molecule has 2 aromatic heterocycles. The average molecular weight is 328 g/mol. The van der Waals surface area contributed by atoms with Gasteiger partial charge in [-0.1, -0.05) is 0 Å². The maximum absolute atomic E-state index is 12.4. The summed E-state index contributed by atoms with van der Waals surface area (Å²) in [6.07, 6.45) is 9.16. The number of hydrogen-bond donors (Lipinski definition) is 2.